The zero-order valence-corrected chi connectivity index (χ0v) is 60.4. The topological polar surface area (TPSA) is 84.3 Å². The number of aryl methyl sites for hydroxylation is 6. The van der Waals surface area contributed by atoms with Crippen LogP contribution in [0.2, 0.25) is 0 Å². The van der Waals surface area contributed by atoms with E-state index in [1.807, 2.05) is 276 Å². The van der Waals surface area contributed by atoms with Gasteiger partial charge in [0.25, 0.3) is 0 Å². The number of hydrogen-bond donors (Lipinski definition) is 0. The summed E-state index contributed by atoms with van der Waals surface area (Å²) in [7, 11) is 16.1. The molecule has 81 heavy (non-hydrogen) atoms. The zero-order chi connectivity index (χ0) is 51.0. The van der Waals surface area contributed by atoms with Crippen molar-refractivity contribution in [2.75, 3.05) is 23.9 Å². The molecule has 0 N–H and O–H groups in total. The molecular formula is C56H58I6N16O2Pt. The summed E-state index contributed by atoms with van der Waals surface area (Å²) in [5.74, 6) is 2.70. The van der Waals surface area contributed by atoms with E-state index in [1.54, 1.807) is 0 Å². The van der Waals surface area contributed by atoms with Crippen LogP contribution in [0.5, 0.6) is 23.0 Å². The molecule has 2 aliphatic rings. The van der Waals surface area contributed by atoms with Crippen molar-refractivity contribution in [1.82, 2.24) is 37.2 Å². The largest absolute Gasteiger partial charge is 4.00 e. The number of halogens is 6. The van der Waals surface area contributed by atoms with Gasteiger partial charge in [-0.05, 0) is 51.0 Å². The summed E-state index contributed by atoms with van der Waals surface area (Å²) in [6, 6.07) is 27.4. The van der Waals surface area contributed by atoms with E-state index in [0.29, 0.717) is 11.5 Å². The van der Waals surface area contributed by atoms with Gasteiger partial charge in [0.2, 0.25) is 38.0 Å². The Labute approximate surface area is 589 Å². The van der Waals surface area contributed by atoms with Gasteiger partial charge in [-0.15, -0.1) is 30.0 Å². The minimum absolute atomic E-state index is 0. The Morgan fingerprint density at radius 1 is 0.420 bits per heavy atom. The van der Waals surface area contributed by atoms with Crippen molar-refractivity contribution in [2.24, 2.45) is 42.3 Å². The number of aromatic nitrogens is 12. The Balaban J connectivity index is 0.000000321. The maximum absolute atomic E-state index is 6.62. The molecule has 2 aliphatic heterocycles. The minimum Gasteiger partial charge on any atom is -1.00 e. The third-order valence-corrected chi connectivity index (χ3v) is 12.4. The summed E-state index contributed by atoms with van der Waals surface area (Å²) in [5, 5.41) is 0. The van der Waals surface area contributed by atoms with Crippen molar-refractivity contribution in [1.29, 1.82) is 0 Å². The van der Waals surface area contributed by atoms with Crippen molar-refractivity contribution >= 4 is 11.4 Å². The zero-order valence-electron chi connectivity index (χ0n) is 45.2. The Bertz CT molecular complexity index is 3730. The van der Waals surface area contributed by atoms with Crippen LogP contribution >= 0.6 is 0 Å². The number of ether oxygens (including phenoxy) is 2. The fraction of sp³-hybridized carbons (Fsp3) is 0.143. The number of benzene rings is 4. The third-order valence-electron chi connectivity index (χ3n) is 12.4. The van der Waals surface area contributed by atoms with Crippen LogP contribution in [0.3, 0.4) is 0 Å². The van der Waals surface area contributed by atoms with Crippen molar-refractivity contribution in [3.63, 3.8) is 0 Å². The molecule has 0 unspecified atom stereocenters. The maximum Gasteiger partial charge on any atom is 4.00 e. The van der Waals surface area contributed by atoms with E-state index in [-0.39, 0.29) is 165 Å². The number of nitrogens with zero attached hydrogens (tertiary/aromatic N) is 16. The van der Waals surface area contributed by atoms with Gasteiger partial charge in [0.1, 0.15) is 85.8 Å². The molecule has 18 nitrogen and oxygen atoms in total. The van der Waals surface area contributed by atoms with Gasteiger partial charge in [-0.3, -0.25) is 9.13 Å². The standard InChI is InChI=1S/C28H30N8O.C28H28N8O.6HI.Pt/c2*1-29-8-12-33(19-29)23-6-5-7-24(16-23)37-28-18-26(35-14-10-31(3)21-35)25(34-13-9-30(2)20-34)17-27(28)36-15-11-32(4)22-36;;;;;;;/h5-22H,1-4H3;5-15,17,19-22H,1-4H3;6*1H;/q+4;-2;;;;;;;+4/p-6. The second-order valence-corrected chi connectivity index (χ2v) is 18.5. The summed E-state index contributed by atoms with van der Waals surface area (Å²) >= 11 is 0. The van der Waals surface area contributed by atoms with E-state index in [9.17, 15) is 0 Å². The molecule has 6 aromatic heterocycles. The Morgan fingerprint density at radius 2 is 0.852 bits per heavy atom. The van der Waals surface area contributed by atoms with E-state index in [4.69, 9.17) is 9.47 Å². The van der Waals surface area contributed by atoms with Gasteiger partial charge in [0.15, 0.2) is 22.8 Å². The summed E-state index contributed by atoms with van der Waals surface area (Å²) in [4.78, 5) is 8.04. The first-order chi connectivity index (χ1) is 35.8. The van der Waals surface area contributed by atoms with Crippen LogP contribution in [0.15, 0.2) is 198 Å². The van der Waals surface area contributed by atoms with Crippen LogP contribution in [-0.4, -0.2) is 51.3 Å². The summed E-state index contributed by atoms with van der Waals surface area (Å²) in [5.41, 5.74) is 7.57. The Kier molecular flexibility index (Phi) is 25.8. The smallest absolute Gasteiger partial charge is 1.00 e. The molecule has 0 spiro atoms. The first-order valence-corrected chi connectivity index (χ1v) is 23.9. The van der Waals surface area contributed by atoms with E-state index in [2.05, 4.69) is 77.8 Å². The van der Waals surface area contributed by atoms with Crippen LogP contribution in [0, 0.1) is 25.5 Å². The molecule has 25 heteroatoms. The van der Waals surface area contributed by atoms with Gasteiger partial charge in [-0.1, -0.05) is 17.8 Å². The fourth-order valence-electron chi connectivity index (χ4n) is 8.74. The molecule has 4 aromatic carbocycles. The predicted molar refractivity (Wildman–Crippen MR) is 274 cm³/mol. The third kappa shape index (κ3) is 16.0. The van der Waals surface area contributed by atoms with E-state index in [1.165, 1.54) is 0 Å². The van der Waals surface area contributed by atoms with E-state index in [0.717, 1.165) is 57.0 Å². The van der Waals surface area contributed by atoms with Crippen LogP contribution in [0.1, 0.15) is 0 Å². The number of rotatable bonds is 12. The second-order valence-electron chi connectivity index (χ2n) is 18.5. The molecule has 0 fully saturated rings. The molecule has 0 atom stereocenters. The number of imidazole rings is 6. The molecule has 10 aromatic rings. The number of hydrogen-bond acceptors (Lipinski definition) is 6. The Hall–Kier alpha value is -4.51. The van der Waals surface area contributed by atoms with Gasteiger partial charge in [0, 0.05) is 29.6 Å². The van der Waals surface area contributed by atoms with Gasteiger partial charge < -0.3 is 173 Å². The fourth-order valence-corrected chi connectivity index (χ4v) is 8.74. The van der Waals surface area contributed by atoms with E-state index >= 15 is 0 Å². The summed E-state index contributed by atoms with van der Waals surface area (Å²) < 4.78 is 37.7. The van der Waals surface area contributed by atoms with Crippen molar-refractivity contribution in [3.8, 4) is 57.1 Å². The molecule has 0 amide bonds. The van der Waals surface area contributed by atoms with Gasteiger partial charge >= 0.3 is 21.1 Å². The molecule has 0 radical (unpaired) electrons. The number of anilines is 2. The van der Waals surface area contributed by atoms with Gasteiger partial charge in [0.05, 0.1) is 53.7 Å². The van der Waals surface area contributed by atoms with E-state index < -0.39 is 0 Å². The minimum atomic E-state index is 0. The average Bonchev–Trinajstić information content (AvgIpc) is 4.26. The average molecular weight is 1940 g/mol. The summed E-state index contributed by atoms with van der Waals surface area (Å²) in [6.07, 6.45) is 44.5. The van der Waals surface area contributed by atoms with Gasteiger partial charge in [-0.2, -0.15) is 33.1 Å². The van der Waals surface area contributed by atoms with Crippen LogP contribution in [-0.2, 0) is 63.4 Å². The molecular weight excluding hydrogens is 1890 g/mol. The van der Waals surface area contributed by atoms with Crippen molar-refractivity contribution in [2.45, 2.75) is 0 Å². The quantitative estimate of drug-likeness (QED) is 0.0688. The molecule has 12 rings (SSSR count). The molecule has 426 valence electrons. The molecule has 0 aliphatic carbocycles. The summed E-state index contributed by atoms with van der Waals surface area (Å²) in [6.45, 7) is 4.00. The van der Waals surface area contributed by atoms with Crippen molar-refractivity contribution in [3.05, 3.63) is 223 Å². The van der Waals surface area contributed by atoms with Crippen molar-refractivity contribution < 1.29 is 202 Å². The van der Waals surface area contributed by atoms with Crippen LogP contribution in [0.4, 0.5) is 11.4 Å². The first kappa shape index (κ1) is 69.0. The van der Waals surface area contributed by atoms with Crippen LogP contribution < -0.4 is 191 Å². The van der Waals surface area contributed by atoms with Crippen LogP contribution in [0.25, 0.3) is 34.1 Å². The predicted octanol–water partition coefficient (Wildman–Crippen LogP) is -13.0. The SMILES string of the molecule is CN1C=CN(c2[c-]c(Oc3[c-]c(N4C=CN(C)[CH-]4)c(-n4cc[n+](C)c4)cc3-n3cc[n+](C)c3)ccc2)[CH-]1.C[n+]1ccn(-c2cccc(Oc3cc(-n4cc[n+](C)c4)c(-n4cc[n+](C)c4)cc3-n3cc[n+](C)c3)c2)c1.[I-].[I-].[I-].[I-].[I-].[I-].[Pt+4]. The normalized spacial score (nSPS) is 12.0. The first-order valence-electron chi connectivity index (χ1n) is 23.9. The molecule has 8 heterocycles. The molecule has 0 bridgehead atoms. The second kappa shape index (κ2) is 30.3. The Morgan fingerprint density at radius 3 is 1.33 bits per heavy atom. The van der Waals surface area contributed by atoms with Gasteiger partial charge in [-0.25, -0.2) is 32.0 Å². The maximum atomic E-state index is 6.62. The molecule has 0 saturated carbocycles. The monoisotopic (exact) mass is 1940 g/mol. The molecule has 0 saturated heterocycles.